The van der Waals surface area contributed by atoms with Gasteiger partial charge < -0.3 is 9.64 Å². The molecule has 1 N–H and O–H groups in total. The van der Waals surface area contributed by atoms with E-state index >= 15 is 0 Å². The first kappa shape index (κ1) is 18.3. The number of ether oxygens (including phenoxy) is 1. The quantitative estimate of drug-likeness (QED) is 0.868. The maximum atomic E-state index is 13.0. The summed E-state index contributed by atoms with van der Waals surface area (Å²) in [7, 11) is -2.34. The predicted molar refractivity (Wildman–Crippen MR) is 96.2 cm³/mol. The molecule has 1 aliphatic heterocycles. The van der Waals surface area contributed by atoms with Gasteiger partial charge >= 0.3 is 0 Å². The molecule has 0 unspecified atom stereocenters. The van der Waals surface area contributed by atoms with Gasteiger partial charge in [0.1, 0.15) is 12.4 Å². The fourth-order valence-electron chi connectivity index (χ4n) is 2.95. The molecule has 3 rings (SSSR count). The summed E-state index contributed by atoms with van der Waals surface area (Å²) in [5.41, 5.74) is 2.05. The largest absolute Gasteiger partial charge is 0.375 e. The SMILES string of the molecule is COCC(=O)N1CCCc2cc(NS(=O)(=O)c3ccc(F)cc3)ccc21. The number of nitrogens with zero attached hydrogens (tertiary/aromatic N) is 1. The summed E-state index contributed by atoms with van der Waals surface area (Å²) in [6, 6.07) is 9.68. The zero-order valence-corrected chi connectivity index (χ0v) is 15.1. The minimum Gasteiger partial charge on any atom is -0.375 e. The van der Waals surface area contributed by atoms with Crippen molar-refractivity contribution in [1.82, 2.24) is 0 Å². The molecule has 0 saturated heterocycles. The number of halogens is 1. The monoisotopic (exact) mass is 378 g/mol. The molecule has 0 bridgehead atoms. The van der Waals surface area contributed by atoms with Crippen molar-refractivity contribution in [3.63, 3.8) is 0 Å². The third-order valence-corrected chi connectivity index (χ3v) is 5.54. The molecule has 0 saturated carbocycles. The van der Waals surface area contributed by atoms with Crippen molar-refractivity contribution in [1.29, 1.82) is 0 Å². The van der Waals surface area contributed by atoms with Crippen LogP contribution in [0, 0.1) is 5.82 Å². The minimum absolute atomic E-state index is 0.00160. The highest BCUT2D eigenvalue weighted by atomic mass is 32.2. The van der Waals surface area contributed by atoms with Gasteiger partial charge in [-0.05, 0) is 60.9 Å². The first-order valence-corrected chi connectivity index (χ1v) is 9.59. The molecule has 0 aromatic heterocycles. The number of hydrogen-bond donors (Lipinski definition) is 1. The van der Waals surface area contributed by atoms with Crippen LogP contribution >= 0.6 is 0 Å². The average Bonchev–Trinajstić information content (AvgIpc) is 2.61. The molecule has 2 aromatic carbocycles. The Morgan fingerprint density at radius 1 is 1.23 bits per heavy atom. The van der Waals surface area contributed by atoms with E-state index in [1.165, 1.54) is 19.2 Å². The molecule has 138 valence electrons. The molecule has 2 aromatic rings. The molecule has 1 aliphatic rings. The molecule has 26 heavy (non-hydrogen) atoms. The highest BCUT2D eigenvalue weighted by molar-refractivity contribution is 7.92. The number of aryl methyl sites for hydroxylation is 1. The van der Waals surface area contributed by atoms with Crippen LogP contribution in [-0.4, -0.2) is 34.6 Å². The van der Waals surface area contributed by atoms with Crippen LogP contribution in [-0.2, 0) is 26.0 Å². The first-order chi connectivity index (χ1) is 12.4. The van der Waals surface area contributed by atoms with Gasteiger partial charge in [0.2, 0.25) is 0 Å². The van der Waals surface area contributed by atoms with Gasteiger partial charge in [-0.15, -0.1) is 0 Å². The van der Waals surface area contributed by atoms with Crippen molar-refractivity contribution in [2.75, 3.05) is 29.9 Å². The van der Waals surface area contributed by atoms with Crippen molar-refractivity contribution < 1.29 is 22.3 Å². The summed E-state index contributed by atoms with van der Waals surface area (Å²) in [4.78, 5) is 13.8. The standard InChI is InChI=1S/C18H19FN2O4S/c1-25-12-18(22)21-10-2-3-13-11-15(6-9-17(13)21)20-26(23,24)16-7-4-14(19)5-8-16/h4-9,11,20H,2-3,10,12H2,1H3. The Kier molecular flexibility index (Phi) is 5.24. The number of amides is 1. The van der Waals surface area contributed by atoms with E-state index in [0.717, 1.165) is 36.2 Å². The molecule has 0 atom stereocenters. The van der Waals surface area contributed by atoms with E-state index in [1.54, 1.807) is 23.1 Å². The van der Waals surface area contributed by atoms with Crippen LogP contribution in [0.3, 0.4) is 0 Å². The molecule has 0 fully saturated rings. The van der Waals surface area contributed by atoms with Crippen molar-refractivity contribution in [2.24, 2.45) is 0 Å². The molecule has 6 nitrogen and oxygen atoms in total. The van der Waals surface area contributed by atoms with Gasteiger partial charge in [0.15, 0.2) is 0 Å². The lowest BCUT2D eigenvalue weighted by Crippen LogP contribution is -2.37. The van der Waals surface area contributed by atoms with Crippen LogP contribution in [0.2, 0.25) is 0 Å². The van der Waals surface area contributed by atoms with E-state index in [1.807, 2.05) is 0 Å². The summed E-state index contributed by atoms with van der Waals surface area (Å²) in [5.74, 6) is -0.633. The predicted octanol–water partition coefficient (Wildman–Crippen LogP) is 2.55. The van der Waals surface area contributed by atoms with Gasteiger partial charge in [0, 0.05) is 25.0 Å². The van der Waals surface area contributed by atoms with Gasteiger partial charge in [0.05, 0.1) is 4.90 Å². The van der Waals surface area contributed by atoms with Gasteiger partial charge in [-0.1, -0.05) is 0 Å². The number of methoxy groups -OCH3 is 1. The first-order valence-electron chi connectivity index (χ1n) is 8.11. The van der Waals surface area contributed by atoms with Gasteiger partial charge in [0.25, 0.3) is 15.9 Å². The maximum Gasteiger partial charge on any atom is 0.261 e. The number of hydrogen-bond acceptors (Lipinski definition) is 4. The van der Waals surface area contributed by atoms with E-state index < -0.39 is 15.8 Å². The third kappa shape index (κ3) is 3.86. The summed E-state index contributed by atoms with van der Waals surface area (Å²) in [6.07, 6.45) is 1.54. The summed E-state index contributed by atoms with van der Waals surface area (Å²) < 4.78 is 45.2. The molecule has 0 radical (unpaired) electrons. The van der Waals surface area contributed by atoms with Crippen LogP contribution in [0.5, 0.6) is 0 Å². The summed E-state index contributed by atoms with van der Waals surface area (Å²) in [5, 5.41) is 0. The van der Waals surface area contributed by atoms with E-state index in [4.69, 9.17) is 4.74 Å². The van der Waals surface area contributed by atoms with Crippen LogP contribution in [0.25, 0.3) is 0 Å². The van der Waals surface area contributed by atoms with Crippen LogP contribution in [0.4, 0.5) is 15.8 Å². The molecule has 0 aliphatic carbocycles. The van der Waals surface area contributed by atoms with Crippen LogP contribution < -0.4 is 9.62 Å². The number of sulfonamides is 1. The zero-order chi connectivity index (χ0) is 18.7. The number of nitrogens with one attached hydrogen (secondary N) is 1. The molecular weight excluding hydrogens is 359 g/mol. The minimum atomic E-state index is -3.81. The Morgan fingerprint density at radius 3 is 2.65 bits per heavy atom. The van der Waals surface area contributed by atoms with Gasteiger partial charge in [-0.3, -0.25) is 9.52 Å². The van der Waals surface area contributed by atoms with Gasteiger partial charge in [-0.25, -0.2) is 12.8 Å². The molecule has 0 spiro atoms. The number of rotatable bonds is 5. The zero-order valence-electron chi connectivity index (χ0n) is 14.2. The van der Waals surface area contributed by atoms with E-state index in [2.05, 4.69) is 4.72 Å². The number of anilines is 2. The second kappa shape index (κ2) is 7.43. The second-order valence-electron chi connectivity index (χ2n) is 5.98. The number of carbonyl (C=O) groups is 1. The Labute approximate surface area is 151 Å². The molecular formula is C18H19FN2O4S. The van der Waals surface area contributed by atoms with E-state index in [9.17, 15) is 17.6 Å². The lowest BCUT2D eigenvalue weighted by atomic mass is 10.0. The summed E-state index contributed by atoms with van der Waals surface area (Å²) in [6.45, 7) is 0.605. The second-order valence-corrected chi connectivity index (χ2v) is 7.67. The highest BCUT2D eigenvalue weighted by Gasteiger charge is 2.23. The van der Waals surface area contributed by atoms with Crippen molar-refractivity contribution >= 4 is 27.3 Å². The molecule has 1 amide bonds. The topological polar surface area (TPSA) is 75.7 Å². The van der Waals surface area contributed by atoms with Crippen LogP contribution in [0.15, 0.2) is 47.4 Å². The normalized spacial score (nSPS) is 14.0. The maximum absolute atomic E-state index is 13.0. The lowest BCUT2D eigenvalue weighted by molar-refractivity contribution is -0.122. The van der Waals surface area contributed by atoms with Crippen molar-refractivity contribution in [3.8, 4) is 0 Å². The fourth-order valence-corrected chi connectivity index (χ4v) is 4.00. The number of benzene rings is 2. The Balaban J connectivity index is 1.85. The lowest BCUT2D eigenvalue weighted by Gasteiger charge is -2.29. The molecule has 8 heteroatoms. The fraction of sp³-hybridized carbons (Fsp3) is 0.278. The van der Waals surface area contributed by atoms with Gasteiger partial charge in [-0.2, -0.15) is 0 Å². The Bertz CT molecular complexity index is 913. The van der Waals surface area contributed by atoms with Crippen molar-refractivity contribution in [3.05, 3.63) is 53.8 Å². The number of fused-ring (bicyclic) bond motifs is 1. The number of carbonyl (C=O) groups excluding carboxylic acids is 1. The van der Waals surface area contributed by atoms with E-state index in [0.29, 0.717) is 12.2 Å². The average molecular weight is 378 g/mol. The Morgan fingerprint density at radius 2 is 1.96 bits per heavy atom. The smallest absolute Gasteiger partial charge is 0.261 e. The van der Waals surface area contributed by atoms with E-state index in [-0.39, 0.29) is 17.4 Å². The van der Waals surface area contributed by atoms with Crippen molar-refractivity contribution in [2.45, 2.75) is 17.7 Å². The van der Waals surface area contributed by atoms with Crippen LogP contribution in [0.1, 0.15) is 12.0 Å². The Hall–Kier alpha value is -2.45. The highest BCUT2D eigenvalue weighted by Crippen LogP contribution is 2.30. The summed E-state index contributed by atoms with van der Waals surface area (Å²) >= 11 is 0. The molecule has 1 heterocycles. The third-order valence-electron chi connectivity index (χ3n) is 4.14.